The van der Waals surface area contributed by atoms with Gasteiger partial charge < -0.3 is 24.6 Å². The maximum absolute atomic E-state index is 9.27. The zero-order valence-electron chi connectivity index (χ0n) is 22.3. The fraction of sp³-hybridized carbons (Fsp3) is 0.500. The number of benzene rings is 2. The highest BCUT2D eigenvalue weighted by molar-refractivity contribution is 5.94. The zero-order valence-corrected chi connectivity index (χ0v) is 22.3. The molecule has 5 heterocycles. The van der Waals surface area contributed by atoms with E-state index >= 15 is 0 Å². The molecule has 0 bridgehead atoms. The highest BCUT2D eigenvalue weighted by Gasteiger charge is 2.46. The Labute approximate surface area is 229 Å². The van der Waals surface area contributed by atoms with Crippen molar-refractivity contribution in [2.45, 2.75) is 44.0 Å². The molecule has 3 fully saturated rings. The van der Waals surface area contributed by atoms with Gasteiger partial charge in [-0.1, -0.05) is 36.4 Å². The van der Waals surface area contributed by atoms with Crippen molar-refractivity contribution in [3.63, 3.8) is 0 Å². The first-order chi connectivity index (χ1) is 19.3. The van der Waals surface area contributed by atoms with Crippen molar-refractivity contribution in [1.82, 2.24) is 20.2 Å². The van der Waals surface area contributed by atoms with Crippen LogP contribution in [-0.2, 0) is 17.7 Å². The van der Waals surface area contributed by atoms with E-state index in [0.717, 1.165) is 76.8 Å². The quantitative estimate of drug-likeness (QED) is 0.446. The number of nitrogens with zero attached hydrogens (tertiary/aromatic N) is 6. The molecule has 0 saturated carbocycles. The SMILES string of the molecule is N#CCC1CN(c2nc(OCCCN3CC4OC[C@H]43)nc3c2CCN(c2cccc4ccccc24)C3)CCN1. The van der Waals surface area contributed by atoms with Gasteiger partial charge in [0.05, 0.1) is 50.1 Å². The van der Waals surface area contributed by atoms with Crippen LogP contribution in [0, 0.1) is 11.3 Å². The summed E-state index contributed by atoms with van der Waals surface area (Å²) >= 11 is 0. The molecule has 3 saturated heterocycles. The second-order valence-electron chi connectivity index (χ2n) is 11.0. The summed E-state index contributed by atoms with van der Waals surface area (Å²) in [5.41, 5.74) is 3.50. The second-order valence-corrected chi connectivity index (χ2v) is 11.0. The largest absolute Gasteiger partial charge is 0.463 e. The fourth-order valence-electron chi connectivity index (χ4n) is 6.42. The van der Waals surface area contributed by atoms with Gasteiger partial charge in [0, 0.05) is 61.9 Å². The van der Waals surface area contributed by atoms with E-state index in [9.17, 15) is 5.26 Å². The van der Waals surface area contributed by atoms with Crippen LogP contribution in [0.15, 0.2) is 42.5 Å². The van der Waals surface area contributed by atoms with Crippen LogP contribution >= 0.6 is 0 Å². The number of piperazine rings is 1. The molecule has 39 heavy (non-hydrogen) atoms. The fourth-order valence-corrected chi connectivity index (χ4v) is 6.42. The van der Waals surface area contributed by atoms with E-state index in [2.05, 4.69) is 68.6 Å². The summed E-state index contributed by atoms with van der Waals surface area (Å²) in [6.07, 6.45) is 2.77. The molecule has 3 aromatic rings. The molecule has 4 aliphatic rings. The standard InChI is InChI=1S/C30H35N7O2/c31-11-9-22-17-37(15-12-32-22)29-24-10-14-36(26-8-3-6-21-5-1-2-7-23(21)26)18-25(24)33-30(34-29)38-16-4-13-35-19-28-27(35)20-39-28/h1-3,5-8,22,27-28,32H,4,9-10,12-20H2/t22?,27-,28?/m1/s1. The summed E-state index contributed by atoms with van der Waals surface area (Å²) in [6.45, 7) is 7.62. The number of fused-ring (bicyclic) bond motifs is 3. The van der Waals surface area contributed by atoms with Crippen molar-refractivity contribution in [3.05, 3.63) is 53.7 Å². The van der Waals surface area contributed by atoms with Gasteiger partial charge in [-0.3, -0.25) is 4.90 Å². The Hall–Kier alpha value is -3.45. The third-order valence-electron chi connectivity index (χ3n) is 8.64. The van der Waals surface area contributed by atoms with Crippen LogP contribution in [0.25, 0.3) is 10.8 Å². The molecule has 0 amide bonds. The third kappa shape index (κ3) is 4.78. The number of ether oxygens (including phenoxy) is 2. The Kier molecular flexibility index (Phi) is 6.69. The van der Waals surface area contributed by atoms with Crippen molar-refractivity contribution >= 4 is 22.3 Å². The summed E-state index contributed by atoms with van der Waals surface area (Å²) in [5.74, 6) is 0.981. The topological polar surface area (TPSA) is 89.8 Å². The van der Waals surface area contributed by atoms with Crippen LogP contribution in [0.4, 0.5) is 11.5 Å². The lowest BCUT2D eigenvalue weighted by molar-refractivity contribution is -0.214. The van der Waals surface area contributed by atoms with E-state index in [1.54, 1.807) is 0 Å². The number of nitriles is 1. The Bertz CT molecular complexity index is 1390. The summed E-state index contributed by atoms with van der Waals surface area (Å²) in [5, 5.41) is 15.3. The van der Waals surface area contributed by atoms with Gasteiger partial charge in [-0.15, -0.1) is 0 Å². The lowest BCUT2D eigenvalue weighted by atomic mass is 9.95. The number of hydrogen-bond donors (Lipinski definition) is 1. The first kappa shape index (κ1) is 24.6. The Morgan fingerprint density at radius 3 is 2.85 bits per heavy atom. The van der Waals surface area contributed by atoms with E-state index < -0.39 is 0 Å². The van der Waals surface area contributed by atoms with Gasteiger partial charge in [0.15, 0.2) is 0 Å². The molecule has 202 valence electrons. The summed E-state index contributed by atoms with van der Waals surface area (Å²) in [6, 6.07) is 18.6. The van der Waals surface area contributed by atoms with Crippen LogP contribution in [0.5, 0.6) is 6.01 Å². The average molecular weight is 526 g/mol. The number of rotatable bonds is 8. The maximum atomic E-state index is 9.27. The molecule has 9 nitrogen and oxygen atoms in total. The molecule has 2 unspecified atom stereocenters. The highest BCUT2D eigenvalue weighted by Crippen LogP contribution is 2.34. The number of nitrogens with one attached hydrogen (secondary N) is 1. The molecule has 2 aromatic carbocycles. The highest BCUT2D eigenvalue weighted by atomic mass is 16.5. The maximum Gasteiger partial charge on any atom is 0.318 e. The van der Waals surface area contributed by atoms with Gasteiger partial charge >= 0.3 is 6.01 Å². The number of aromatic nitrogens is 2. The normalized spacial score (nSPS) is 24.3. The number of anilines is 2. The van der Waals surface area contributed by atoms with Crippen molar-refractivity contribution in [2.24, 2.45) is 0 Å². The van der Waals surface area contributed by atoms with E-state index in [0.29, 0.717) is 31.2 Å². The van der Waals surface area contributed by atoms with Gasteiger partial charge in [-0.25, -0.2) is 0 Å². The Morgan fingerprint density at radius 1 is 1.08 bits per heavy atom. The van der Waals surface area contributed by atoms with E-state index in [1.807, 2.05) is 0 Å². The summed E-state index contributed by atoms with van der Waals surface area (Å²) < 4.78 is 11.7. The van der Waals surface area contributed by atoms with Gasteiger partial charge in [0.1, 0.15) is 5.82 Å². The predicted octanol–water partition coefficient (Wildman–Crippen LogP) is 2.74. The molecule has 4 aliphatic heterocycles. The van der Waals surface area contributed by atoms with Gasteiger partial charge in [-0.05, 0) is 24.3 Å². The predicted molar refractivity (Wildman–Crippen MR) is 150 cm³/mol. The van der Waals surface area contributed by atoms with Crippen LogP contribution in [0.1, 0.15) is 24.1 Å². The van der Waals surface area contributed by atoms with E-state index in [4.69, 9.17) is 19.4 Å². The molecule has 3 atom stereocenters. The molecule has 0 spiro atoms. The third-order valence-corrected chi connectivity index (χ3v) is 8.64. The minimum Gasteiger partial charge on any atom is -0.463 e. The zero-order chi connectivity index (χ0) is 26.2. The number of likely N-dealkylation sites (tertiary alicyclic amines) is 1. The van der Waals surface area contributed by atoms with Crippen molar-refractivity contribution < 1.29 is 9.47 Å². The molecular weight excluding hydrogens is 490 g/mol. The minimum atomic E-state index is 0.144. The lowest BCUT2D eigenvalue weighted by Crippen LogP contribution is -2.70. The van der Waals surface area contributed by atoms with Gasteiger partial charge in [0.2, 0.25) is 0 Å². The van der Waals surface area contributed by atoms with Crippen molar-refractivity contribution in [3.8, 4) is 12.1 Å². The lowest BCUT2D eigenvalue weighted by Gasteiger charge is -2.55. The van der Waals surface area contributed by atoms with Crippen LogP contribution < -0.4 is 19.9 Å². The smallest absolute Gasteiger partial charge is 0.318 e. The molecule has 0 radical (unpaired) electrons. The van der Waals surface area contributed by atoms with Crippen LogP contribution in [-0.4, -0.2) is 85.5 Å². The first-order valence-corrected chi connectivity index (χ1v) is 14.2. The van der Waals surface area contributed by atoms with Crippen LogP contribution in [0.3, 0.4) is 0 Å². The average Bonchev–Trinajstić information content (AvgIpc) is 2.96. The minimum absolute atomic E-state index is 0.144. The molecule has 7 rings (SSSR count). The van der Waals surface area contributed by atoms with Gasteiger partial charge in [0.25, 0.3) is 0 Å². The number of morpholine rings is 1. The Balaban J connectivity index is 1.13. The molecule has 1 N–H and O–H groups in total. The molecule has 1 aromatic heterocycles. The second kappa shape index (κ2) is 10.6. The summed E-state index contributed by atoms with van der Waals surface area (Å²) in [4.78, 5) is 17.2. The van der Waals surface area contributed by atoms with Gasteiger partial charge in [-0.2, -0.15) is 15.2 Å². The van der Waals surface area contributed by atoms with Crippen LogP contribution in [0.2, 0.25) is 0 Å². The Morgan fingerprint density at radius 2 is 2.00 bits per heavy atom. The first-order valence-electron chi connectivity index (χ1n) is 14.2. The summed E-state index contributed by atoms with van der Waals surface area (Å²) in [7, 11) is 0. The van der Waals surface area contributed by atoms with E-state index in [-0.39, 0.29) is 6.04 Å². The van der Waals surface area contributed by atoms with E-state index in [1.165, 1.54) is 22.0 Å². The van der Waals surface area contributed by atoms with Crippen molar-refractivity contribution in [2.75, 3.05) is 62.3 Å². The molecular formula is C30H35N7O2. The molecule has 9 heteroatoms. The molecule has 0 aliphatic carbocycles. The monoisotopic (exact) mass is 525 g/mol. The number of hydrogen-bond acceptors (Lipinski definition) is 9. The van der Waals surface area contributed by atoms with Crippen molar-refractivity contribution in [1.29, 1.82) is 5.26 Å².